The summed E-state index contributed by atoms with van der Waals surface area (Å²) in [4.78, 5) is 12.1. The molecule has 0 radical (unpaired) electrons. The van der Waals surface area contributed by atoms with Crippen molar-refractivity contribution in [3.63, 3.8) is 0 Å². The summed E-state index contributed by atoms with van der Waals surface area (Å²) >= 11 is 0. The lowest BCUT2D eigenvalue weighted by molar-refractivity contribution is 0.102. The third-order valence-electron chi connectivity index (χ3n) is 3.16. The van der Waals surface area contributed by atoms with E-state index in [0.717, 1.165) is 12.0 Å². The average Bonchev–Trinajstić information content (AvgIpc) is 2.98. The molecular weight excluding hydrogens is 292 g/mol. The van der Waals surface area contributed by atoms with Gasteiger partial charge in [-0.05, 0) is 50.6 Å². The summed E-state index contributed by atoms with van der Waals surface area (Å²) in [5.74, 6) is 2.21. The van der Waals surface area contributed by atoms with Crippen molar-refractivity contribution in [2.24, 2.45) is 0 Å². The number of ether oxygens (including phenoxy) is 2. The van der Waals surface area contributed by atoms with Crippen LogP contribution in [0.15, 0.2) is 40.8 Å². The molecule has 0 unspecified atom stereocenters. The fourth-order valence-electron chi connectivity index (χ4n) is 2.11. The molecule has 0 spiro atoms. The summed E-state index contributed by atoms with van der Waals surface area (Å²) in [6, 6.07) is 9.08. The first-order valence-corrected chi connectivity index (χ1v) is 7.83. The third-order valence-corrected chi connectivity index (χ3v) is 3.16. The van der Waals surface area contributed by atoms with Crippen molar-refractivity contribution in [1.29, 1.82) is 0 Å². The van der Waals surface area contributed by atoms with E-state index in [9.17, 15) is 4.79 Å². The largest absolute Gasteiger partial charge is 0.490 e. The van der Waals surface area contributed by atoms with E-state index >= 15 is 0 Å². The maximum Gasteiger partial charge on any atom is 0.221 e. The van der Waals surface area contributed by atoms with Gasteiger partial charge in [0.05, 0.1) is 13.2 Å². The molecule has 1 heterocycles. The molecule has 2 rings (SSSR count). The topological polar surface area (TPSA) is 48.7 Å². The van der Waals surface area contributed by atoms with Gasteiger partial charge in [-0.15, -0.1) is 0 Å². The Morgan fingerprint density at radius 2 is 2.00 bits per heavy atom. The van der Waals surface area contributed by atoms with Crippen LogP contribution < -0.4 is 9.47 Å². The van der Waals surface area contributed by atoms with Crippen LogP contribution in [0.1, 0.15) is 42.1 Å². The maximum absolute atomic E-state index is 12.1. The minimum atomic E-state index is -0.179. The molecule has 2 aromatic rings. The Balaban J connectivity index is 2.25. The number of benzene rings is 1. The van der Waals surface area contributed by atoms with Crippen LogP contribution in [-0.4, -0.2) is 19.0 Å². The van der Waals surface area contributed by atoms with Crippen LogP contribution >= 0.6 is 0 Å². The zero-order valence-corrected chi connectivity index (χ0v) is 13.8. The van der Waals surface area contributed by atoms with E-state index in [1.807, 2.05) is 39.0 Å². The van der Waals surface area contributed by atoms with E-state index in [1.54, 1.807) is 18.2 Å². The Morgan fingerprint density at radius 1 is 1.17 bits per heavy atom. The second-order valence-electron chi connectivity index (χ2n) is 5.06. The number of ketones is 1. The zero-order valence-electron chi connectivity index (χ0n) is 13.8. The van der Waals surface area contributed by atoms with Gasteiger partial charge < -0.3 is 13.9 Å². The number of aryl methyl sites for hydroxylation is 1. The lowest BCUT2D eigenvalue weighted by atomic mass is 10.1. The Morgan fingerprint density at radius 3 is 2.65 bits per heavy atom. The number of furan rings is 1. The van der Waals surface area contributed by atoms with Crippen LogP contribution in [0.4, 0.5) is 0 Å². The first-order valence-electron chi connectivity index (χ1n) is 7.83. The minimum Gasteiger partial charge on any atom is -0.490 e. The van der Waals surface area contributed by atoms with Crippen molar-refractivity contribution in [2.75, 3.05) is 13.2 Å². The minimum absolute atomic E-state index is 0.179. The van der Waals surface area contributed by atoms with Gasteiger partial charge in [0, 0.05) is 5.56 Å². The molecule has 0 N–H and O–H groups in total. The third kappa shape index (κ3) is 4.49. The highest BCUT2D eigenvalue weighted by Crippen LogP contribution is 2.32. The van der Waals surface area contributed by atoms with Crippen LogP contribution in [0.5, 0.6) is 11.5 Å². The predicted octanol–water partition coefficient (Wildman–Crippen LogP) is 4.67. The van der Waals surface area contributed by atoms with Gasteiger partial charge in [0.1, 0.15) is 5.76 Å². The molecule has 0 fully saturated rings. The van der Waals surface area contributed by atoms with Crippen molar-refractivity contribution in [1.82, 2.24) is 0 Å². The van der Waals surface area contributed by atoms with Crippen LogP contribution in [0.2, 0.25) is 0 Å². The Bertz CT molecular complexity index is 682. The van der Waals surface area contributed by atoms with E-state index < -0.39 is 0 Å². The first-order chi connectivity index (χ1) is 11.2. The van der Waals surface area contributed by atoms with Crippen molar-refractivity contribution in [2.45, 2.75) is 27.2 Å². The normalized spacial score (nSPS) is 10.9. The molecule has 1 aromatic carbocycles. The molecule has 0 saturated carbocycles. The van der Waals surface area contributed by atoms with E-state index in [0.29, 0.717) is 36.2 Å². The summed E-state index contributed by atoms with van der Waals surface area (Å²) < 4.78 is 16.7. The lowest BCUT2D eigenvalue weighted by Crippen LogP contribution is -2.01. The number of hydrogen-bond acceptors (Lipinski definition) is 4. The molecule has 1 aromatic heterocycles. The monoisotopic (exact) mass is 314 g/mol. The quantitative estimate of drug-likeness (QED) is 0.525. The number of carbonyl (C=O) groups is 1. The predicted molar refractivity (Wildman–Crippen MR) is 90.2 cm³/mol. The van der Waals surface area contributed by atoms with E-state index in [-0.39, 0.29) is 5.78 Å². The SMILES string of the molecule is CCCOc1c(/C=C/C(=O)c2ccc(C)o2)cccc1OCC. The number of rotatable bonds is 8. The zero-order chi connectivity index (χ0) is 16.7. The summed E-state index contributed by atoms with van der Waals surface area (Å²) in [7, 11) is 0. The number of para-hydroxylation sites is 1. The van der Waals surface area contributed by atoms with Gasteiger partial charge in [0.25, 0.3) is 0 Å². The van der Waals surface area contributed by atoms with Crippen LogP contribution in [0.25, 0.3) is 6.08 Å². The molecule has 4 nitrogen and oxygen atoms in total. The van der Waals surface area contributed by atoms with Gasteiger partial charge in [-0.25, -0.2) is 0 Å². The lowest BCUT2D eigenvalue weighted by Gasteiger charge is -2.13. The van der Waals surface area contributed by atoms with Crippen molar-refractivity contribution >= 4 is 11.9 Å². The van der Waals surface area contributed by atoms with Gasteiger partial charge in [-0.1, -0.05) is 19.1 Å². The van der Waals surface area contributed by atoms with Crippen molar-refractivity contribution < 1.29 is 18.7 Å². The Labute approximate surface area is 136 Å². The Hall–Kier alpha value is -2.49. The van der Waals surface area contributed by atoms with E-state index in [2.05, 4.69) is 0 Å². The highest BCUT2D eigenvalue weighted by atomic mass is 16.5. The summed E-state index contributed by atoms with van der Waals surface area (Å²) in [5.41, 5.74) is 0.807. The van der Waals surface area contributed by atoms with Crippen LogP contribution in [0, 0.1) is 6.92 Å². The molecule has 0 aliphatic rings. The molecule has 0 bridgehead atoms. The van der Waals surface area contributed by atoms with Crippen LogP contribution in [-0.2, 0) is 0 Å². The van der Waals surface area contributed by atoms with Crippen LogP contribution in [0.3, 0.4) is 0 Å². The standard InChI is InChI=1S/C19H22O4/c1-4-13-22-19-15(7-6-8-18(19)21-5-2)10-11-16(20)17-12-9-14(3)23-17/h6-12H,4-5,13H2,1-3H3/b11-10+. The summed E-state index contributed by atoms with van der Waals surface area (Å²) in [5, 5.41) is 0. The molecule has 23 heavy (non-hydrogen) atoms. The number of hydrogen-bond donors (Lipinski definition) is 0. The second kappa shape index (κ2) is 8.22. The smallest absolute Gasteiger partial charge is 0.221 e. The molecule has 0 saturated heterocycles. The maximum atomic E-state index is 12.1. The van der Waals surface area contributed by atoms with Gasteiger partial charge in [0.15, 0.2) is 17.3 Å². The molecule has 0 aliphatic heterocycles. The van der Waals surface area contributed by atoms with E-state index in [4.69, 9.17) is 13.9 Å². The second-order valence-corrected chi connectivity index (χ2v) is 5.06. The fraction of sp³-hybridized carbons (Fsp3) is 0.316. The van der Waals surface area contributed by atoms with Gasteiger partial charge in [-0.3, -0.25) is 4.79 Å². The molecule has 0 aliphatic carbocycles. The summed E-state index contributed by atoms with van der Waals surface area (Å²) in [6.45, 7) is 6.93. The number of carbonyl (C=O) groups excluding carboxylic acids is 1. The molecule has 4 heteroatoms. The molecule has 122 valence electrons. The average molecular weight is 314 g/mol. The first kappa shape index (κ1) is 16.9. The number of allylic oxidation sites excluding steroid dienone is 1. The van der Waals surface area contributed by atoms with Gasteiger partial charge in [0.2, 0.25) is 5.78 Å². The van der Waals surface area contributed by atoms with E-state index in [1.165, 1.54) is 6.08 Å². The highest BCUT2D eigenvalue weighted by Gasteiger charge is 2.11. The molecular formula is C19H22O4. The fourth-order valence-corrected chi connectivity index (χ4v) is 2.11. The highest BCUT2D eigenvalue weighted by molar-refractivity contribution is 6.05. The van der Waals surface area contributed by atoms with Crippen molar-refractivity contribution in [3.8, 4) is 11.5 Å². The molecule has 0 amide bonds. The Kier molecular flexibility index (Phi) is 6.03. The molecule has 0 atom stereocenters. The summed E-state index contributed by atoms with van der Waals surface area (Å²) in [6.07, 6.45) is 4.12. The van der Waals surface area contributed by atoms with Gasteiger partial charge >= 0.3 is 0 Å². The van der Waals surface area contributed by atoms with Crippen molar-refractivity contribution in [3.05, 3.63) is 53.5 Å². The van der Waals surface area contributed by atoms with Gasteiger partial charge in [-0.2, -0.15) is 0 Å².